The largest absolute Gasteiger partial charge is 0.353 e. The van der Waals surface area contributed by atoms with Crippen molar-refractivity contribution in [3.05, 3.63) is 0 Å². The number of amides is 1. The van der Waals surface area contributed by atoms with Crippen molar-refractivity contribution in [1.29, 1.82) is 0 Å². The molecule has 0 aromatic carbocycles. The molecule has 2 heteroatoms. The maximum absolute atomic E-state index is 10.8. The fourth-order valence-electron chi connectivity index (χ4n) is 1.47. The summed E-state index contributed by atoms with van der Waals surface area (Å²) in [6, 6.07) is 0.175. The van der Waals surface area contributed by atoms with Crippen LogP contribution in [-0.4, -0.2) is 11.9 Å². The first kappa shape index (κ1) is 13.0. The average molecular weight is 195 g/mol. The highest BCUT2D eigenvalue weighted by Gasteiger charge is 2.07. The van der Waals surface area contributed by atoms with E-state index in [1.807, 2.05) is 0 Å². The second-order valence-corrected chi connectivity index (χ2v) is 3.66. The zero-order chi connectivity index (χ0) is 10.8. The number of terminal acetylenes is 1. The van der Waals surface area contributed by atoms with Crippen LogP contribution in [0, 0.1) is 12.3 Å². The fourth-order valence-corrected chi connectivity index (χ4v) is 1.47. The van der Waals surface area contributed by atoms with Crippen molar-refractivity contribution in [2.24, 2.45) is 0 Å². The molecule has 0 rings (SSSR count). The monoisotopic (exact) mass is 195 g/mol. The summed E-state index contributed by atoms with van der Waals surface area (Å²) >= 11 is 0. The van der Waals surface area contributed by atoms with Crippen LogP contribution in [0.2, 0.25) is 0 Å². The van der Waals surface area contributed by atoms with Gasteiger partial charge in [-0.2, -0.15) is 0 Å². The predicted molar refractivity (Wildman–Crippen MR) is 59.8 cm³/mol. The van der Waals surface area contributed by atoms with Crippen molar-refractivity contribution in [2.75, 3.05) is 0 Å². The molecule has 0 fully saturated rings. The Labute approximate surface area is 87.5 Å². The van der Waals surface area contributed by atoms with Crippen molar-refractivity contribution in [1.82, 2.24) is 5.32 Å². The van der Waals surface area contributed by atoms with E-state index in [9.17, 15) is 4.79 Å². The van der Waals surface area contributed by atoms with Crippen molar-refractivity contribution in [3.8, 4) is 12.3 Å². The summed E-state index contributed by atoms with van der Waals surface area (Å²) in [5.74, 6) is 2.61. The van der Waals surface area contributed by atoms with Gasteiger partial charge in [-0.25, -0.2) is 0 Å². The Bertz CT molecular complexity index is 193. The molecule has 0 radical (unpaired) electrons. The van der Waals surface area contributed by atoms with E-state index < -0.39 is 0 Å². The van der Waals surface area contributed by atoms with Gasteiger partial charge >= 0.3 is 0 Å². The van der Waals surface area contributed by atoms with Gasteiger partial charge in [-0.05, 0) is 6.42 Å². The molecule has 1 N–H and O–H groups in total. The van der Waals surface area contributed by atoms with Crippen LogP contribution in [0.5, 0.6) is 0 Å². The van der Waals surface area contributed by atoms with Crippen LogP contribution in [-0.2, 0) is 4.79 Å². The Morgan fingerprint density at radius 3 is 2.64 bits per heavy atom. The van der Waals surface area contributed by atoms with E-state index in [4.69, 9.17) is 6.42 Å². The molecule has 0 heterocycles. The van der Waals surface area contributed by atoms with E-state index in [0.717, 1.165) is 12.8 Å². The van der Waals surface area contributed by atoms with Crippen LogP contribution in [0.1, 0.15) is 52.4 Å². The van der Waals surface area contributed by atoms with E-state index in [0.29, 0.717) is 6.42 Å². The van der Waals surface area contributed by atoms with Gasteiger partial charge in [0.25, 0.3) is 0 Å². The van der Waals surface area contributed by atoms with E-state index in [2.05, 4.69) is 18.2 Å². The Morgan fingerprint density at radius 1 is 1.43 bits per heavy atom. The van der Waals surface area contributed by atoms with Crippen molar-refractivity contribution in [3.63, 3.8) is 0 Å². The smallest absolute Gasteiger partial charge is 0.217 e. The average Bonchev–Trinajstić information content (AvgIpc) is 2.12. The van der Waals surface area contributed by atoms with Crippen LogP contribution < -0.4 is 5.32 Å². The standard InChI is InChI=1S/C12H21NO/c1-4-6-7-8-10-12(9-5-2)13-11(3)14/h2,12H,4,6-10H2,1,3H3,(H,13,14). The van der Waals surface area contributed by atoms with Gasteiger partial charge in [0.15, 0.2) is 0 Å². The molecule has 0 aromatic rings. The summed E-state index contributed by atoms with van der Waals surface area (Å²) in [5.41, 5.74) is 0. The predicted octanol–water partition coefficient (Wildman–Crippen LogP) is 2.48. The van der Waals surface area contributed by atoms with Crippen LogP contribution in [0.15, 0.2) is 0 Å². The molecule has 0 spiro atoms. The molecule has 0 aliphatic rings. The Kier molecular flexibility index (Phi) is 8.02. The second-order valence-electron chi connectivity index (χ2n) is 3.66. The summed E-state index contributed by atoms with van der Waals surface area (Å²) in [6.07, 6.45) is 11.8. The first-order valence-electron chi connectivity index (χ1n) is 5.41. The lowest BCUT2D eigenvalue weighted by Gasteiger charge is -2.14. The molecular formula is C12H21NO. The van der Waals surface area contributed by atoms with Gasteiger partial charge in [0.2, 0.25) is 5.91 Å². The van der Waals surface area contributed by atoms with Gasteiger partial charge in [0.05, 0.1) is 0 Å². The first-order valence-corrected chi connectivity index (χ1v) is 5.41. The molecule has 0 aliphatic carbocycles. The molecule has 80 valence electrons. The van der Waals surface area contributed by atoms with Gasteiger partial charge < -0.3 is 5.32 Å². The lowest BCUT2D eigenvalue weighted by molar-refractivity contribution is -0.119. The zero-order valence-electron chi connectivity index (χ0n) is 9.31. The molecule has 0 saturated heterocycles. The SMILES string of the molecule is C#CCC(CCCCCC)NC(C)=O. The summed E-state index contributed by atoms with van der Waals surface area (Å²) in [6.45, 7) is 3.72. The Morgan fingerprint density at radius 2 is 2.14 bits per heavy atom. The van der Waals surface area contributed by atoms with Gasteiger partial charge in [0, 0.05) is 19.4 Å². The van der Waals surface area contributed by atoms with Crippen molar-refractivity contribution >= 4 is 5.91 Å². The van der Waals surface area contributed by atoms with Crippen LogP contribution in [0.25, 0.3) is 0 Å². The topological polar surface area (TPSA) is 29.1 Å². The molecule has 2 nitrogen and oxygen atoms in total. The summed E-state index contributed by atoms with van der Waals surface area (Å²) in [5, 5.41) is 2.88. The van der Waals surface area contributed by atoms with Crippen molar-refractivity contribution < 1.29 is 4.79 Å². The van der Waals surface area contributed by atoms with Gasteiger partial charge in [-0.3, -0.25) is 4.79 Å². The first-order chi connectivity index (χ1) is 6.70. The third-order valence-electron chi connectivity index (χ3n) is 2.18. The number of rotatable bonds is 7. The highest BCUT2D eigenvalue weighted by Crippen LogP contribution is 2.07. The molecule has 14 heavy (non-hydrogen) atoms. The molecule has 0 bridgehead atoms. The normalized spacial score (nSPS) is 11.8. The number of unbranched alkanes of at least 4 members (excludes halogenated alkanes) is 3. The molecule has 0 aromatic heterocycles. The zero-order valence-corrected chi connectivity index (χ0v) is 9.31. The minimum Gasteiger partial charge on any atom is -0.353 e. The summed E-state index contributed by atoms with van der Waals surface area (Å²) in [4.78, 5) is 10.8. The Balaban J connectivity index is 3.63. The maximum Gasteiger partial charge on any atom is 0.217 e. The van der Waals surface area contributed by atoms with Gasteiger partial charge in [-0.1, -0.05) is 32.6 Å². The lowest BCUT2D eigenvalue weighted by Crippen LogP contribution is -2.32. The fraction of sp³-hybridized carbons (Fsp3) is 0.750. The summed E-state index contributed by atoms with van der Waals surface area (Å²) in [7, 11) is 0. The molecule has 1 atom stereocenters. The second kappa shape index (κ2) is 8.62. The van der Waals surface area contributed by atoms with E-state index in [1.165, 1.54) is 26.2 Å². The van der Waals surface area contributed by atoms with Gasteiger partial charge in [0.1, 0.15) is 0 Å². The number of carbonyl (C=O) groups is 1. The molecule has 0 aliphatic heterocycles. The molecule has 1 amide bonds. The van der Waals surface area contributed by atoms with Crippen LogP contribution in [0.3, 0.4) is 0 Å². The number of carbonyl (C=O) groups excluding carboxylic acids is 1. The third kappa shape index (κ3) is 7.67. The van der Waals surface area contributed by atoms with Crippen LogP contribution >= 0.6 is 0 Å². The molecule has 1 unspecified atom stereocenters. The quantitative estimate of drug-likeness (QED) is 0.491. The Hall–Kier alpha value is -0.970. The highest BCUT2D eigenvalue weighted by molar-refractivity contribution is 5.73. The van der Waals surface area contributed by atoms with Gasteiger partial charge in [-0.15, -0.1) is 12.3 Å². The van der Waals surface area contributed by atoms with Crippen molar-refractivity contribution in [2.45, 2.75) is 58.4 Å². The van der Waals surface area contributed by atoms with E-state index in [1.54, 1.807) is 0 Å². The minimum atomic E-state index is 0.0146. The lowest BCUT2D eigenvalue weighted by atomic mass is 10.0. The van der Waals surface area contributed by atoms with Crippen LogP contribution in [0.4, 0.5) is 0 Å². The van der Waals surface area contributed by atoms with E-state index in [-0.39, 0.29) is 11.9 Å². The maximum atomic E-state index is 10.8. The minimum absolute atomic E-state index is 0.0146. The number of hydrogen-bond donors (Lipinski definition) is 1. The molecular weight excluding hydrogens is 174 g/mol. The number of nitrogens with one attached hydrogen (secondary N) is 1. The number of hydrogen-bond acceptors (Lipinski definition) is 1. The highest BCUT2D eigenvalue weighted by atomic mass is 16.1. The summed E-state index contributed by atoms with van der Waals surface area (Å²) < 4.78 is 0. The molecule has 0 saturated carbocycles. The third-order valence-corrected chi connectivity index (χ3v) is 2.18. The van der Waals surface area contributed by atoms with E-state index >= 15 is 0 Å².